The van der Waals surface area contributed by atoms with Crippen LogP contribution in [0.4, 0.5) is 5.69 Å². The summed E-state index contributed by atoms with van der Waals surface area (Å²) in [7, 11) is 0. The summed E-state index contributed by atoms with van der Waals surface area (Å²) >= 11 is 0. The molecule has 0 saturated carbocycles. The largest absolute Gasteiger partial charge is 0.508 e. The van der Waals surface area contributed by atoms with Crippen LogP contribution in [-0.4, -0.2) is 48.7 Å². The molecule has 0 bridgehead atoms. The lowest BCUT2D eigenvalue weighted by Gasteiger charge is -2.37. The van der Waals surface area contributed by atoms with E-state index in [1.165, 1.54) is 28.4 Å². The van der Waals surface area contributed by atoms with E-state index in [0.29, 0.717) is 18.8 Å². The van der Waals surface area contributed by atoms with Crippen molar-refractivity contribution < 1.29 is 14.6 Å². The zero-order chi connectivity index (χ0) is 18.7. The Labute approximate surface area is 154 Å². The highest BCUT2D eigenvalue weighted by atomic mass is 16.5. The van der Waals surface area contributed by atoms with Crippen molar-refractivity contribution in [3.8, 4) is 11.5 Å². The summed E-state index contributed by atoms with van der Waals surface area (Å²) in [5.41, 5.74) is 5.14. The Morgan fingerprint density at radius 1 is 1.04 bits per heavy atom. The lowest BCUT2D eigenvalue weighted by Crippen LogP contribution is -2.50. The third-order valence-electron chi connectivity index (χ3n) is 4.76. The third-order valence-corrected chi connectivity index (χ3v) is 4.76. The Bertz CT molecular complexity index is 773. The highest BCUT2D eigenvalue weighted by molar-refractivity contribution is 5.78. The second-order valence-corrected chi connectivity index (χ2v) is 6.90. The number of rotatable bonds is 4. The molecule has 1 heterocycles. The number of amides is 1. The molecular weight excluding hydrogens is 328 g/mol. The van der Waals surface area contributed by atoms with E-state index in [1.54, 1.807) is 18.2 Å². The highest BCUT2D eigenvalue weighted by Crippen LogP contribution is 2.27. The first kappa shape index (κ1) is 18.1. The van der Waals surface area contributed by atoms with E-state index in [4.69, 9.17) is 4.74 Å². The number of piperazine rings is 1. The first-order chi connectivity index (χ1) is 12.4. The summed E-state index contributed by atoms with van der Waals surface area (Å²) < 4.78 is 5.50. The van der Waals surface area contributed by atoms with Crippen LogP contribution in [0.3, 0.4) is 0 Å². The Morgan fingerprint density at radius 3 is 2.31 bits per heavy atom. The number of carbonyl (C=O) groups excluding carboxylic acids is 1. The second kappa shape index (κ2) is 7.68. The summed E-state index contributed by atoms with van der Waals surface area (Å²) in [4.78, 5) is 16.6. The van der Waals surface area contributed by atoms with Crippen molar-refractivity contribution in [3.63, 3.8) is 0 Å². The van der Waals surface area contributed by atoms with Gasteiger partial charge in [-0.2, -0.15) is 0 Å². The van der Waals surface area contributed by atoms with Crippen LogP contribution >= 0.6 is 0 Å². The van der Waals surface area contributed by atoms with Crippen molar-refractivity contribution in [2.75, 3.05) is 37.7 Å². The molecule has 0 spiro atoms. The quantitative estimate of drug-likeness (QED) is 0.917. The normalized spacial score (nSPS) is 14.4. The molecule has 1 fully saturated rings. The highest BCUT2D eigenvalue weighted by Gasteiger charge is 2.23. The van der Waals surface area contributed by atoms with Gasteiger partial charge in [0.1, 0.15) is 11.5 Å². The number of nitrogens with zero attached hydrogens (tertiary/aromatic N) is 2. The maximum atomic E-state index is 12.4. The Balaban J connectivity index is 1.56. The summed E-state index contributed by atoms with van der Waals surface area (Å²) in [5.74, 6) is 0.612. The molecule has 5 heteroatoms. The van der Waals surface area contributed by atoms with E-state index >= 15 is 0 Å². The molecule has 1 saturated heterocycles. The molecule has 0 radical (unpaired) electrons. The zero-order valence-corrected chi connectivity index (χ0v) is 15.7. The van der Waals surface area contributed by atoms with Gasteiger partial charge in [-0.3, -0.25) is 4.79 Å². The first-order valence-electron chi connectivity index (χ1n) is 8.96. The van der Waals surface area contributed by atoms with Gasteiger partial charge >= 0.3 is 0 Å². The minimum Gasteiger partial charge on any atom is -0.508 e. The Morgan fingerprint density at radius 2 is 1.69 bits per heavy atom. The van der Waals surface area contributed by atoms with Gasteiger partial charge in [0, 0.05) is 37.9 Å². The molecule has 5 nitrogen and oxygen atoms in total. The number of hydrogen-bond acceptors (Lipinski definition) is 4. The maximum Gasteiger partial charge on any atom is 0.260 e. The number of ether oxygens (including phenoxy) is 1. The summed E-state index contributed by atoms with van der Waals surface area (Å²) in [6.45, 7) is 9.43. The molecule has 2 aromatic rings. The van der Waals surface area contributed by atoms with Gasteiger partial charge in [-0.15, -0.1) is 0 Å². The predicted molar refractivity (Wildman–Crippen MR) is 103 cm³/mol. The van der Waals surface area contributed by atoms with Crippen molar-refractivity contribution in [2.24, 2.45) is 0 Å². The van der Waals surface area contributed by atoms with Crippen LogP contribution in [0.2, 0.25) is 0 Å². The van der Waals surface area contributed by atoms with Crippen LogP contribution in [0.15, 0.2) is 36.4 Å². The number of benzene rings is 2. The molecule has 1 aliphatic rings. The molecular formula is C21H26N2O3. The van der Waals surface area contributed by atoms with E-state index in [1.807, 2.05) is 4.90 Å². The van der Waals surface area contributed by atoms with Crippen LogP contribution in [0.5, 0.6) is 11.5 Å². The van der Waals surface area contributed by atoms with Gasteiger partial charge in [0.25, 0.3) is 5.91 Å². The lowest BCUT2D eigenvalue weighted by molar-refractivity contribution is -0.133. The number of phenolic OH excluding ortho intramolecular Hbond substituents is 1. The van der Waals surface area contributed by atoms with Crippen LogP contribution in [0.1, 0.15) is 16.7 Å². The van der Waals surface area contributed by atoms with Gasteiger partial charge in [0.15, 0.2) is 6.61 Å². The van der Waals surface area contributed by atoms with Crippen LogP contribution < -0.4 is 9.64 Å². The van der Waals surface area contributed by atoms with E-state index in [9.17, 15) is 9.90 Å². The van der Waals surface area contributed by atoms with Crippen molar-refractivity contribution >= 4 is 11.6 Å². The lowest BCUT2D eigenvalue weighted by atomic mass is 10.0. The molecule has 26 heavy (non-hydrogen) atoms. The molecule has 1 amide bonds. The minimum atomic E-state index is -0.0228. The molecule has 1 N–H and O–H groups in total. The number of aromatic hydroxyl groups is 1. The minimum absolute atomic E-state index is 0.00790. The van der Waals surface area contributed by atoms with Crippen molar-refractivity contribution in [3.05, 3.63) is 53.1 Å². The fourth-order valence-corrected chi connectivity index (χ4v) is 3.66. The number of aryl methyl sites for hydroxylation is 3. The molecule has 0 aromatic heterocycles. The van der Waals surface area contributed by atoms with E-state index < -0.39 is 0 Å². The summed E-state index contributed by atoms with van der Waals surface area (Å²) in [6, 6.07) is 10.9. The van der Waals surface area contributed by atoms with E-state index in [2.05, 4.69) is 37.8 Å². The van der Waals surface area contributed by atoms with Crippen LogP contribution in [0.25, 0.3) is 0 Å². The van der Waals surface area contributed by atoms with Gasteiger partial charge in [-0.1, -0.05) is 23.8 Å². The van der Waals surface area contributed by atoms with Gasteiger partial charge in [0.2, 0.25) is 0 Å². The van der Waals surface area contributed by atoms with E-state index in [-0.39, 0.29) is 18.3 Å². The van der Waals surface area contributed by atoms with E-state index in [0.717, 1.165) is 13.1 Å². The fourth-order valence-electron chi connectivity index (χ4n) is 3.66. The van der Waals surface area contributed by atoms with Gasteiger partial charge in [-0.25, -0.2) is 0 Å². The molecule has 138 valence electrons. The Kier molecular flexibility index (Phi) is 5.35. The fraction of sp³-hybridized carbons (Fsp3) is 0.381. The number of anilines is 1. The average molecular weight is 354 g/mol. The first-order valence-corrected chi connectivity index (χ1v) is 8.96. The number of hydrogen-bond donors (Lipinski definition) is 1. The van der Waals surface area contributed by atoms with Crippen LogP contribution in [0, 0.1) is 20.8 Å². The van der Waals surface area contributed by atoms with Gasteiger partial charge < -0.3 is 19.6 Å². The van der Waals surface area contributed by atoms with Crippen molar-refractivity contribution in [1.82, 2.24) is 4.90 Å². The molecule has 0 aliphatic carbocycles. The molecule has 1 aliphatic heterocycles. The monoisotopic (exact) mass is 354 g/mol. The van der Waals surface area contributed by atoms with Crippen LogP contribution in [-0.2, 0) is 4.79 Å². The second-order valence-electron chi connectivity index (χ2n) is 6.90. The molecule has 2 aromatic carbocycles. The average Bonchev–Trinajstić information content (AvgIpc) is 2.59. The molecule has 0 atom stereocenters. The standard InChI is InChI=1S/C21H26N2O3/c1-15-11-16(2)21(17(3)12-15)23-9-7-22(8-10-23)20(25)14-26-19-6-4-5-18(24)13-19/h4-6,11-13,24H,7-10,14H2,1-3H3. The van der Waals surface area contributed by atoms with Crippen molar-refractivity contribution in [1.29, 1.82) is 0 Å². The third kappa shape index (κ3) is 4.10. The van der Waals surface area contributed by atoms with Gasteiger partial charge in [-0.05, 0) is 44.0 Å². The molecule has 3 rings (SSSR count). The molecule has 0 unspecified atom stereocenters. The Hall–Kier alpha value is -2.69. The summed E-state index contributed by atoms with van der Waals surface area (Å²) in [6.07, 6.45) is 0. The summed E-state index contributed by atoms with van der Waals surface area (Å²) in [5, 5.41) is 9.45. The van der Waals surface area contributed by atoms with Gasteiger partial charge in [0.05, 0.1) is 0 Å². The number of carbonyl (C=O) groups is 1. The zero-order valence-electron chi connectivity index (χ0n) is 15.7. The SMILES string of the molecule is Cc1cc(C)c(N2CCN(C(=O)COc3cccc(O)c3)CC2)c(C)c1. The maximum absolute atomic E-state index is 12.4. The topological polar surface area (TPSA) is 53.0 Å². The van der Waals surface area contributed by atoms with Crippen molar-refractivity contribution in [2.45, 2.75) is 20.8 Å². The number of phenols is 1. The predicted octanol–water partition coefficient (Wildman–Crippen LogP) is 3.05. The smallest absolute Gasteiger partial charge is 0.260 e.